The van der Waals surface area contributed by atoms with Gasteiger partial charge < -0.3 is 23.7 Å². The minimum atomic E-state index is 0.605. The van der Waals surface area contributed by atoms with Crippen LogP contribution >= 0.6 is 0 Å². The zero-order chi connectivity index (χ0) is 20.4. The SMILES string of the molecule is CCCCCCCCCCOCCOCCOCCOCCOCCCCC. The third kappa shape index (κ3) is 25.8. The van der Waals surface area contributed by atoms with E-state index in [0.29, 0.717) is 52.9 Å². The van der Waals surface area contributed by atoms with Gasteiger partial charge in [0.25, 0.3) is 0 Å². The van der Waals surface area contributed by atoms with Crippen LogP contribution < -0.4 is 0 Å². The van der Waals surface area contributed by atoms with Gasteiger partial charge in [-0.2, -0.15) is 0 Å². The van der Waals surface area contributed by atoms with Gasteiger partial charge in [-0.25, -0.2) is 0 Å². The molecule has 0 spiro atoms. The van der Waals surface area contributed by atoms with Crippen molar-refractivity contribution < 1.29 is 23.7 Å². The van der Waals surface area contributed by atoms with Crippen LogP contribution in [0, 0.1) is 0 Å². The van der Waals surface area contributed by atoms with Gasteiger partial charge in [-0.3, -0.25) is 0 Å². The molecule has 0 rings (SSSR count). The van der Waals surface area contributed by atoms with Crippen molar-refractivity contribution in [3.05, 3.63) is 0 Å². The molecule has 0 radical (unpaired) electrons. The van der Waals surface area contributed by atoms with Gasteiger partial charge in [0.15, 0.2) is 0 Å². The highest BCUT2D eigenvalue weighted by molar-refractivity contribution is 4.46. The molecule has 0 saturated carbocycles. The van der Waals surface area contributed by atoms with Crippen LogP contribution in [0.4, 0.5) is 0 Å². The topological polar surface area (TPSA) is 46.2 Å². The molecule has 0 aromatic heterocycles. The first-order valence-corrected chi connectivity index (χ1v) is 11.8. The zero-order valence-electron chi connectivity index (χ0n) is 18.9. The molecule has 0 heterocycles. The first-order valence-electron chi connectivity index (χ1n) is 11.8. The molecular formula is C23H48O5. The molecule has 5 nitrogen and oxygen atoms in total. The molecule has 0 N–H and O–H groups in total. The van der Waals surface area contributed by atoms with Crippen molar-refractivity contribution >= 4 is 0 Å². The molecule has 0 amide bonds. The predicted molar refractivity (Wildman–Crippen MR) is 116 cm³/mol. The number of hydrogen-bond donors (Lipinski definition) is 0. The molecule has 0 aromatic carbocycles. The van der Waals surface area contributed by atoms with Gasteiger partial charge in [0.2, 0.25) is 0 Å². The maximum Gasteiger partial charge on any atom is 0.0701 e. The fraction of sp³-hybridized carbons (Fsp3) is 1.00. The average Bonchev–Trinajstić information content (AvgIpc) is 2.71. The summed E-state index contributed by atoms with van der Waals surface area (Å²) in [4.78, 5) is 0. The van der Waals surface area contributed by atoms with Crippen molar-refractivity contribution in [1.82, 2.24) is 0 Å². The average molecular weight is 405 g/mol. The monoisotopic (exact) mass is 404 g/mol. The van der Waals surface area contributed by atoms with E-state index in [2.05, 4.69) is 13.8 Å². The summed E-state index contributed by atoms with van der Waals surface area (Å²) in [5.41, 5.74) is 0. The van der Waals surface area contributed by atoms with Crippen LogP contribution in [0.1, 0.15) is 84.5 Å². The van der Waals surface area contributed by atoms with Crippen LogP contribution in [0.25, 0.3) is 0 Å². The molecule has 0 unspecified atom stereocenters. The van der Waals surface area contributed by atoms with Crippen LogP contribution in [0.15, 0.2) is 0 Å². The van der Waals surface area contributed by atoms with E-state index in [4.69, 9.17) is 23.7 Å². The van der Waals surface area contributed by atoms with Gasteiger partial charge in [-0.1, -0.05) is 71.6 Å². The van der Waals surface area contributed by atoms with E-state index in [1.807, 2.05) is 0 Å². The van der Waals surface area contributed by atoms with E-state index in [1.165, 1.54) is 64.2 Å². The van der Waals surface area contributed by atoms with Crippen molar-refractivity contribution in [2.75, 3.05) is 66.1 Å². The Morgan fingerprint density at radius 1 is 0.286 bits per heavy atom. The largest absolute Gasteiger partial charge is 0.379 e. The lowest BCUT2D eigenvalue weighted by Crippen LogP contribution is -2.13. The van der Waals surface area contributed by atoms with Gasteiger partial charge >= 0.3 is 0 Å². The van der Waals surface area contributed by atoms with Gasteiger partial charge in [0.05, 0.1) is 52.9 Å². The smallest absolute Gasteiger partial charge is 0.0701 e. The predicted octanol–water partition coefficient (Wildman–Crippen LogP) is 5.40. The summed E-state index contributed by atoms with van der Waals surface area (Å²) in [6.45, 7) is 11.2. The normalized spacial score (nSPS) is 11.4. The number of ether oxygens (including phenoxy) is 5. The van der Waals surface area contributed by atoms with Crippen molar-refractivity contribution in [2.24, 2.45) is 0 Å². The maximum absolute atomic E-state index is 5.59. The summed E-state index contributed by atoms with van der Waals surface area (Å²) in [7, 11) is 0. The molecule has 170 valence electrons. The second-order valence-corrected chi connectivity index (χ2v) is 7.24. The molecule has 28 heavy (non-hydrogen) atoms. The lowest BCUT2D eigenvalue weighted by Gasteiger charge is -2.08. The number of rotatable bonds is 25. The maximum atomic E-state index is 5.59. The minimum Gasteiger partial charge on any atom is -0.379 e. The van der Waals surface area contributed by atoms with Crippen LogP contribution in [-0.4, -0.2) is 66.1 Å². The van der Waals surface area contributed by atoms with E-state index < -0.39 is 0 Å². The van der Waals surface area contributed by atoms with Crippen molar-refractivity contribution in [1.29, 1.82) is 0 Å². The second kappa shape index (κ2) is 26.8. The summed E-state index contributed by atoms with van der Waals surface area (Å²) in [5.74, 6) is 0. The lowest BCUT2D eigenvalue weighted by atomic mass is 10.1. The quantitative estimate of drug-likeness (QED) is 0.191. The van der Waals surface area contributed by atoms with Gasteiger partial charge in [0, 0.05) is 13.2 Å². The number of hydrogen-bond acceptors (Lipinski definition) is 5. The summed E-state index contributed by atoms with van der Waals surface area (Å²) >= 11 is 0. The van der Waals surface area contributed by atoms with Crippen LogP contribution in [0.2, 0.25) is 0 Å². The highest BCUT2D eigenvalue weighted by Gasteiger charge is 1.95. The van der Waals surface area contributed by atoms with Crippen molar-refractivity contribution in [3.63, 3.8) is 0 Å². The van der Waals surface area contributed by atoms with E-state index in [-0.39, 0.29) is 0 Å². The standard InChI is InChI=1S/C23H48O5/c1-3-5-7-8-9-10-11-13-15-25-17-19-27-21-23-28-22-20-26-18-16-24-14-12-6-4-2/h3-23H2,1-2H3. The Labute approximate surface area is 174 Å². The summed E-state index contributed by atoms with van der Waals surface area (Å²) < 4.78 is 27.5. The minimum absolute atomic E-state index is 0.605. The Balaban J connectivity index is 2.96. The molecule has 0 aromatic rings. The summed E-state index contributed by atoms with van der Waals surface area (Å²) in [6.07, 6.45) is 14.3. The molecule has 0 bridgehead atoms. The van der Waals surface area contributed by atoms with E-state index in [9.17, 15) is 0 Å². The first-order chi connectivity index (χ1) is 13.9. The van der Waals surface area contributed by atoms with E-state index in [0.717, 1.165) is 19.6 Å². The lowest BCUT2D eigenvalue weighted by molar-refractivity contribution is -0.0114. The van der Waals surface area contributed by atoms with Crippen LogP contribution in [0.3, 0.4) is 0 Å². The fourth-order valence-electron chi connectivity index (χ4n) is 2.77. The molecule has 0 saturated heterocycles. The highest BCUT2D eigenvalue weighted by Crippen LogP contribution is 2.08. The summed E-state index contributed by atoms with van der Waals surface area (Å²) in [5, 5.41) is 0. The van der Waals surface area contributed by atoms with E-state index >= 15 is 0 Å². The van der Waals surface area contributed by atoms with Crippen LogP contribution in [-0.2, 0) is 23.7 Å². The zero-order valence-corrected chi connectivity index (χ0v) is 18.9. The van der Waals surface area contributed by atoms with Gasteiger partial charge in [-0.15, -0.1) is 0 Å². The molecule has 0 aliphatic rings. The molecule has 0 aliphatic carbocycles. The Hall–Kier alpha value is -0.200. The Bertz CT molecular complexity index is 237. The highest BCUT2D eigenvalue weighted by atomic mass is 16.6. The second-order valence-electron chi connectivity index (χ2n) is 7.24. The Morgan fingerprint density at radius 3 is 0.929 bits per heavy atom. The van der Waals surface area contributed by atoms with Gasteiger partial charge in [0.1, 0.15) is 0 Å². The Kier molecular flexibility index (Phi) is 26.6. The third-order valence-corrected chi connectivity index (χ3v) is 4.52. The molecule has 5 heteroatoms. The molecule has 0 fully saturated rings. The van der Waals surface area contributed by atoms with E-state index in [1.54, 1.807) is 0 Å². The van der Waals surface area contributed by atoms with Crippen molar-refractivity contribution in [3.8, 4) is 0 Å². The first kappa shape index (κ1) is 27.8. The number of unbranched alkanes of at least 4 members (excludes halogenated alkanes) is 9. The molecule has 0 atom stereocenters. The van der Waals surface area contributed by atoms with Crippen molar-refractivity contribution in [2.45, 2.75) is 84.5 Å². The molecular weight excluding hydrogens is 356 g/mol. The Morgan fingerprint density at radius 2 is 0.536 bits per heavy atom. The molecule has 0 aliphatic heterocycles. The fourth-order valence-corrected chi connectivity index (χ4v) is 2.77. The van der Waals surface area contributed by atoms with Gasteiger partial charge in [-0.05, 0) is 12.8 Å². The third-order valence-electron chi connectivity index (χ3n) is 4.52. The summed E-state index contributed by atoms with van der Waals surface area (Å²) in [6, 6.07) is 0. The van der Waals surface area contributed by atoms with Crippen LogP contribution in [0.5, 0.6) is 0 Å².